The van der Waals surface area contributed by atoms with E-state index in [0.717, 1.165) is 5.70 Å². The van der Waals surface area contributed by atoms with E-state index in [1.807, 2.05) is 6.08 Å². The molecule has 0 spiro atoms. The number of para-hydroxylation sites is 1. The van der Waals surface area contributed by atoms with Crippen molar-refractivity contribution in [3.63, 3.8) is 0 Å². The summed E-state index contributed by atoms with van der Waals surface area (Å²) in [5, 5.41) is 1.36. The van der Waals surface area contributed by atoms with Gasteiger partial charge in [-0.3, -0.25) is 4.99 Å². The summed E-state index contributed by atoms with van der Waals surface area (Å²) >= 11 is 18.3. The van der Waals surface area contributed by atoms with Gasteiger partial charge in [0, 0.05) is 35.1 Å². The third kappa shape index (κ3) is 2.95. The van der Waals surface area contributed by atoms with E-state index in [1.165, 1.54) is 11.3 Å². The van der Waals surface area contributed by atoms with E-state index in [2.05, 4.69) is 55.1 Å². The molecule has 1 aliphatic heterocycles. The molecule has 2 aromatic carbocycles. The maximum Gasteiger partial charge on any atom is 0.100 e. The molecule has 0 atom stereocenters. The number of benzene rings is 2. The van der Waals surface area contributed by atoms with Gasteiger partial charge in [0.2, 0.25) is 0 Å². The van der Waals surface area contributed by atoms with E-state index in [0.29, 0.717) is 20.8 Å². The molecule has 124 valence electrons. The monoisotopic (exact) mass is 378 g/mol. The quantitative estimate of drug-likeness (QED) is 0.533. The van der Waals surface area contributed by atoms with Crippen LogP contribution in [0, 0.1) is 0 Å². The zero-order valence-electron chi connectivity index (χ0n) is 13.6. The lowest BCUT2D eigenvalue weighted by molar-refractivity contribution is 0.641. The predicted molar refractivity (Wildman–Crippen MR) is 106 cm³/mol. The molecule has 24 heavy (non-hydrogen) atoms. The fourth-order valence-corrected chi connectivity index (χ4v) is 4.06. The van der Waals surface area contributed by atoms with Crippen LogP contribution in [0.15, 0.2) is 53.2 Å². The second kappa shape index (κ2) is 6.44. The number of aliphatic imine (C=N–C) groups is 1. The fourth-order valence-electron chi connectivity index (χ4n) is 3.14. The number of halogens is 3. The Labute approximate surface area is 157 Å². The average Bonchev–Trinajstić information content (AvgIpc) is 2.70. The van der Waals surface area contributed by atoms with Crippen LogP contribution in [-0.4, -0.2) is 13.3 Å². The number of hydrogen-bond donors (Lipinski definition) is 0. The summed E-state index contributed by atoms with van der Waals surface area (Å²) in [5.41, 5.74) is 4.11. The predicted octanol–water partition coefficient (Wildman–Crippen LogP) is 6.66. The van der Waals surface area contributed by atoms with Gasteiger partial charge in [-0.2, -0.15) is 0 Å². The molecule has 1 heterocycles. The van der Waals surface area contributed by atoms with Gasteiger partial charge in [-0.25, -0.2) is 0 Å². The minimum absolute atomic E-state index is 0.0923. The van der Waals surface area contributed by atoms with Crippen molar-refractivity contribution >= 4 is 52.4 Å². The third-order valence-electron chi connectivity index (χ3n) is 4.36. The molecule has 0 amide bonds. The number of fused-ring (bicyclic) bond motifs is 1. The Morgan fingerprint density at radius 2 is 1.67 bits per heavy atom. The zero-order valence-corrected chi connectivity index (χ0v) is 15.9. The first-order valence-corrected chi connectivity index (χ1v) is 8.68. The van der Waals surface area contributed by atoms with Crippen molar-refractivity contribution < 1.29 is 0 Å². The van der Waals surface area contributed by atoms with Gasteiger partial charge >= 0.3 is 0 Å². The smallest absolute Gasteiger partial charge is 0.100 e. The summed E-state index contributed by atoms with van der Waals surface area (Å²) in [6, 6.07) is 11.7. The highest BCUT2D eigenvalue weighted by Gasteiger charge is 2.37. The van der Waals surface area contributed by atoms with Gasteiger partial charge in [-0.15, -0.1) is 0 Å². The number of nitrogens with zero attached hydrogens (tertiary/aromatic N) is 2. The Hall–Kier alpha value is -1.48. The van der Waals surface area contributed by atoms with Gasteiger partial charge in [0.05, 0.1) is 10.0 Å². The van der Waals surface area contributed by atoms with Gasteiger partial charge < -0.3 is 4.90 Å². The number of hydrogen-bond acceptors (Lipinski definition) is 2. The minimum atomic E-state index is -0.0923. The largest absolute Gasteiger partial charge is 0.347 e. The van der Waals surface area contributed by atoms with Gasteiger partial charge in [-0.1, -0.05) is 66.8 Å². The zero-order chi connectivity index (χ0) is 17.5. The van der Waals surface area contributed by atoms with Crippen LogP contribution in [0.25, 0.3) is 0 Å². The molecule has 1 aliphatic rings. The van der Waals surface area contributed by atoms with Crippen LogP contribution < -0.4 is 4.90 Å². The van der Waals surface area contributed by atoms with Gasteiger partial charge in [0.1, 0.15) is 5.69 Å². The van der Waals surface area contributed by atoms with Crippen LogP contribution in [0.4, 0.5) is 11.4 Å². The number of allylic oxidation sites excluding steroid dienone is 2. The molecule has 0 aliphatic carbocycles. The summed E-state index contributed by atoms with van der Waals surface area (Å²) in [7, 11) is 2.06. The second-order valence-corrected chi connectivity index (χ2v) is 7.50. The molecule has 0 radical (unpaired) electrons. The molecular weight excluding hydrogens is 363 g/mol. The topological polar surface area (TPSA) is 15.6 Å². The first-order chi connectivity index (χ1) is 11.3. The molecule has 0 saturated carbocycles. The van der Waals surface area contributed by atoms with Gasteiger partial charge in [0.15, 0.2) is 0 Å². The first kappa shape index (κ1) is 17.3. The second-order valence-electron chi connectivity index (χ2n) is 6.25. The molecule has 0 N–H and O–H groups in total. The van der Waals surface area contributed by atoms with Crippen LogP contribution >= 0.6 is 34.8 Å². The maximum absolute atomic E-state index is 6.17. The average molecular weight is 380 g/mol. The number of anilines is 1. The van der Waals surface area contributed by atoms with E-state index in [1.54, 1.807) is 18.3 Å². The van der Waals surface area contributed by atoms with Crippen LogP contribution in [0.1, 0.15) is 19.4 Å². The highest BCUT2D eigenvalue weighted by molar-refractivity contribution is 6.41. The van der Waals surface area contributed by atoms with Crippen LogP contribution in [0.2, 0.25) is 15.1 Å². The van der Waals surface area contributed by atoms with Crippen LogP contribution in [0.5, 0.6) is 0 Å². The molecule has 2 aromatic rings. The van der Waals surface area contributed by atoms with Crippen LogP contribution in [-0.2, 0) is 5.41 Å². The third-order valence-corrected chi connectivity index (χ3v) is 5.15. The molecule has 5 heteroatoms. The molecule has 0 bridgehead atoms. The van der Waals surface area contributed by atoms with E-state index < -0.39 is 0 Å². The Morgan fingerprint density at radius 1 is 1.04 bits per heavy atom. The number of rotatable bonds is 2. The standard InChI is InChI=1S/C19H17Cl3N2/c1-19(2)13-6-4-5-7-16(13)24(3)17(19)8-9-23-18-14(21)10-12(20)11-15(18)22/h4-11H,1-3H3/b17-8-,23-9?. The van der Waals surface area contributed by atoms with Crippen molar-refractivity contribution in [2.75, 3.05) is 11.9 Å². The summed E-state index contributed by atoms with van der Waals surface area (Å²) < 4.78 is 0. The van der Waals surface area contributed by atoms with Crippen molar-refractivity contribution in [3.05, 3.63) is 68.8 Å². The fraction of sp³-hybridized carbons (Fsp3) is 0.211. The highest BCUT2D eigenvalue weighted by Crippen LogP contribution is 2.46. The Balaban J connectivity index is 1.96. The summed E-state index contributed by atoms with van der Waals surface area (Å²) in [4.78, 5) is 6.61. The van der Waals surface area contributed by atoms with Crippen molar-refractivity contribution in [2.45, 2.75) is 19.3 Å². The van der Waals surface area contributed by atoms with Gasteiger partial charge in [-0.05, 0) is 29.8 Å². The molecule has 0 fully saturated rings. The van der Waals surface area contributed by atoms with E-state index in [-0.39, 0.29) is 5.41 Å². The molecule has 3 rings (SSSR count). The molecule has 0 unspecified atom stereocenters. The van der Waals surface area contributed by atoms with E-state index >= 15 is 0 Å². The molecule has 0 saturated heterocycles. The van der Waals surface area contributed by atoms with E-state index in [4.69, 9.17) is 34.8 Å². The summed E-state index contributed by atoms with van der Waals surface area (Å²) in [5.74, 6) is 0. The maximum atomic E-state index is 6.17. The Bertz CT molecular complexity index is 830. The number of likely N-dealkylation sites (N-methyl/N-ethyl adjacent to an activating group) is 1. The molecular formula is C19H17Cl3N2. The lowest BCUT2D eigenvalue weighted by Gasteiger charge is -2.23. The van der Waals surface area contributed by atoms with Crippen molar-refractivity contribution in [2.24, 2.45) is 4.99 Å². The lowest BCUT2D eigenvalue weighted by Crippen LogP contribution is -2.23. The van der Waals surface area contributed by atoms with Crippen molar-refractivity contribution in [1.82, 2.24) is 0 Å². The minimum Gasteiger partial charge on any atom is -0.347 e. The Morgan fingerprint density at radius 3 is 2.29 bits per heavy atom. The van der Waals surface area contributed by atoms with Crippen molar-refractivity contribution in [3.8, 4) is 0 Å². The van der Waals surface area contributed by atoms with E-state index in [9.17, 15) is 0 Å². The molecule has 2 nitrogen and oxygen atoms in total. The molecule has 0 aromatic heterocycles. The summed E-state index contributed by atoms with van der Waals surface area (Å²) in [6.45, 7) is 4.41. The normalized spacial score (nSPS) is 17.8. The lowest BCUT2D eigenvalue weighted by atomic mass is 9.84. The van der Waals surface area contributed by atoms with Crippen LogP contribution in [0.3, 0.4) is 0 Å². The highest BCUT2D eigenvalue weighted by atomic mass is 35.5. The van der Waals surface area contributed by atoms with Crippen molar-refractivity contribution in [1.29, 1.82) is 0 Å². The van der Waals surface area contributed by atoms with Gasteiger partial charge in [0.25, 0.3) is 0 Å². The first-order valence-electron chi connectivity index (χ1n) is 7.55. The SMILES string of the molecule is CN1/C(=C\C=Nc2c(Cl)cc(Cl)cc2Cl)C(C)(C)c2ccccc21. The Kier molecular flexibility index (Phi) is 4.65. The summed E-state index contributed by atoms with van der Waals surface area (Å²) in [6.07, 6.45) is 3.74.